The van der Waals surface area contributed by atoms with Crippen molar-refractivity contribution in [2.45, 2.75) is 38.6 Å². The van der Waals surface area contributed by atoms with Crippen molar-refractivity contribution in [2.75, 3.05) is 50.2 Å². The van der Waals surface area contributed by atoms with Gasteiger partial charge in [0.2, 0.25) is 0 Å². The number of amides is 4. The lowest BCUT2D eigenvalue weighted by Gasteiger charge is -2.20. The Kier molecular flexibility index (Phi) is 10.1. The number of urea groups is 2. The van der Waals surface area contributed by atoms with Crippen LogP contribution in [-0.2, 0) is 5.41 Å². The van der Waals surface area contributed by atoms with Crippen molar-refractivity contribution in [1.29, 1.82) is 0 Å². The van der Waals surface area contributed by atoms with Gasteiger partial charge in [0.05, 0.1) is 29.2 Å². The van der Waals surface area contributed by atoms with Crippen LogP contribution in [0.4, 0.5) is 26.9 Å². The molecule has 0 radical (unpaired) electrons. The Morgan fingerprint density at radius 1 is 0.957 bits per heavy atom. The number of carbonyl (C=O) groups is 2. The number of anilines is 3. The van der Waals surface area contributed by atoms with Crippen molar-refractivity contribution in [3.05, 3.63) is 76.5 Å². The molecule has 2 aromatic carbocycles. The predicted molar refractivity (Wildman–Crippen MR) is 185 cm³/mol. The third-order valence-electron chi connectivity index (χ3n) is 7.71. The van der Waals surface area contributed by atoms with Crippen molar-refractivity contribution >= 4 is 52.6 Å². The number of likely N-dealkylation sites (N-methyl/N-ethyl adjacent to an activating group) is 1. The lowest BCUT2D eigenvalue weighted by atomic mass is 9.92. The van der Waals surface area contributed by atoms with Crippen molar-refractivity contribution in [3.63, 3.8) is 0 Å². The number of aromatic nitrogens is 3. The summed E-state index contributed by atoms with van der Waals surface area (Å²) in [5.74, 6) is 2.15. The molecule has 0 saturated carbocycles. The van der Waals surface area contributed by atoms with E-state index < -0.39 is 6.03 Å². The quantitative estimate of drug-likeness (QED) is 0.176. The predicted octanol–water partition coefficient (Wildman–Crippen LogP) is 7.48. The molecule has 1 fully saturated rings. The molecule has 2 aromatic heterocycles. The van der Waals surface area contributed by atoms with E-state index in [9.17, 15) is 9.59 Å². The van der Waals surface area contributed by atoms with Crippen LogP contribution in [0, 0.1) is 0 Å². The fraction of sp³-hybridized carbons (Fsp3) is 0.333. The molecular weight excluding hydrogens is 643 g/mol. The van der Waals surface area contributed by atoms with Crippen LogP contribution >= 0.6 is 23.2 Å². The molecule has 0 bridgehead atoms. The highest BCUT2D eigenvalue weighted by atomic mass is 35.5. The van der Waals surface area contributed by atoms with Crippen LogP contribution in [0.1, 0.15) is 32.9 Å². The first-order chi connectivity index (χ1) is 22.3. The first kappa shape index (κ1) is 33.8. The minimum atomic E-state index is -0.545. The number of likely N-dealkylation sites (tertiary alicyclic amines) is 1. The van der Waals surface area contributed by atoms with Crippen molar-refractivity contribution < 1.29 is 19.1 Å². The van der Waals surface area contributed by atoms with Crippen LogP contribution in [0.25, 0.3) is 5.69 Å². The second-order valence-corrected chi connectivity index (χ2v) is 13.1. The van der Waals surface area contributed by atoms with Gasteiger partial charge in [-0.2, -0.15) is 5.10 Å². The van der Waals surface area contributed by atoms with Crippen molar-refractivity contribution in [3.8, 4) is 22.9 Å². The minimum absolute atomic E-state index is 0.0884. The molecule has 0 unspecified atom stereocenters. The van der Waals surface area contributed by atoms with E-state index in [1.807, 2.05) is 65.2 Å². The highest BCUT2D eigenvalue weighted by Gasteiger charge is 2.28. The van der Waals surface area contributed by atoms with Crippen LogP contribution < -0.4 is 25.4 Å². The van der Waals surface area contributed by atoms with Crippen molar-refractivity contribution in [2.24, 2.45) is 0 Å². The Morgan fingerprint density at radius 3 is 2.36 bits per heavy atom. The summed E-state index contributed by atoms with van der Waals surface area (Å²) in [5.41, 5.74) is 1.55. The lowest BCUT2D eigenvalue weighted by Crippen LogP contribution is -2.36. The molecule has 0 aliphatic carbocycles. The lowest BCUT2D eigenvalue weighted by molar-refractivity contribution is 0.216. The van der Waals surface area contributed by atoms with Gasteiger partial charge in [0.15, 0.2) is 0 Å². The third-order valence-corrected chi connectivity index (χ3v) is 8.57. The number of nitrogens with zero attached hydrogens (tertiary/aromatic N) is 5. The molecule has 4 amide bonds. The number of halogens is 2. The Labute approximate surface area is 283 Å². The van der Waals surface area contributed by atoms with Gasteiger partial charge in [-0.05, 0) is 63.0 Å². The van der Waals surface area contributed by atoms with Gasteiger partial charge in [0.1, 0.15) is 33.9 Å². The molecule has 1 saturated heterocycles. The first-order valence-corrected chi connectivity index (χ1v) is 15.7. The average molecular weight is 682 g/mol. The molecule has 248 valence electrons. The number of hydrogen-bond acceptors (Lipinski definition) is 7. The number of ether oxygens (including phenoxy) is 2. The van der Waals surface area contributed by atoms with Gasteiger partial charge >= 0.3 is 12.1 Å². The number of carbonyl (C=O) groups excluding carboxylic acids is 2. The number of pyridine rings is 1. The summed E-state index contributed by atoms with van der Waals surface area (Å²) in [5, 5.41) is 13.4. The van der Waals surface area contributed by atoms with E-state index in [0.717, 1.165) is 17.8 Å². The summed E-state index contributed by atoms with van der Waals surface area (Å²) in [6.07, 6.45) is 2.43. The largest absolute Gasteiger partial charge is 0.497 e. The first-order valence-electron chi connectivity index (χ1n) is 15.0. The van der Waals surface area contributed by atoms with Crippen LogP contribution in [0.2, 0.25) is 10.0 Å². The van der Waals surface area contributed by atoms with Crippen LogP contribution in [0.3, 0.4) is 0 Å². The fourth-order valence-corrected chi connectivity index (χ4v) is 5.35. The second kappa shape index (κ2) is 14.1. The van der Waals surface area contributed by atoms with Gasteiger partial charge in [0, 0.05) is 42.9 Å². The summed E-state index contributed by atoms with van der Waals surface area (Å²) in [4.78, 5) is 34.1. The number of hydrogen-bond donors (Lipinski definition) is 3. The normalized spacial score (nSPS) is 14.7. The number of nitrogens with one attached hydrogen (secondary N) is 3. The molecule has 0 spiro atoms. The molecule has 12 nitrogen and oxygen atoms in total. The Morgan fingerprint density at radius 2 is 1.70 bits per heavy atom. The van der Waals surface area contributed by atoms with Crippen molar-refractivity contribution in [1.82, 2.24) is 24.6 Å². The zero-order valence-corrected chi connectivity index (χ0v) is 28.6. The monoisotopic (exact) mass is 680 g/mol. The van der Waals surface area contributed by atoms with E-state index in [0.29, 0.717) is 42.3 Å². The maximum Gasteiger partial charge on any atom is 0.324 e. The van der Waals surface area contributed by atoms with E-state index in [1.54, 1.807) is 41.0 Å². The van der Waals surface area contributed by atoms with Crippen LogP contribution in [0.5, 0.6) is 17.2 Å². The van der Waals surface area contributed by atoms with Gasteiger partial charge in [-0.25, -0.2) is 19.3 Å². The molecule has 5 rings (SSSR count). The number of benzene rings is 2. The molecule has 14 heteroatoms. The second-order valence-electron chi connectivity index (χ2n) is 12.4. The summed E-state index contributed by atoms with van der Waals surface area (Å²) in [7, 11) is 5.61. The molecular formula is C33H38Cl2N8O4. The van der Waals surface area contributed by atoms with Crippen LogP contribution in [-0.4, -0.2) is 77.0 Å². The third kappa shape index (κ3) is 8.07. The number of methoxy groups -OCH3 is 1. The highest BCUT2D eigenvalue weighted by molar-refractivity contribution is 6.45. The van der Waals surface area contributed by atoms with Gasteiger partial charge in [0.25, 0.3) is 0 Å². The van der Waals surface area contributed by atoms with Gasteiger partial charge in [-0.3, -0.25) is 10.6 Å². The Bertz CT molecular complexity index is 1750. The number of rotatable bonds is 8. The molecule has 1 atom stereocenters. The summed E-state index contributed by atoms with van der Waals surface area (Å²) in [6, 6.07) is 15.1. The van der Waals surface area contributed by atoms with E-state index in [4.69, 9.17) is 37.8 Å². The summed E-state index contributed by atoms with van der Waals surface area (Å²) >= 11 is 13.2. The highest BCUT2D eigenvalue weighted by Crippen LogP contribution is 2.40. The molecule has 47 heavy (non-hydrogen) atoms. The molecule has 3 N–H and O–H groups in total. The zero-order chi connectivity index (χ0) is 33.9. The Hall–Kier alpha value is -4.52. The topological polar surface area (TPSA) is 126 Å². The maximum atomic E-state index is 13.2. The summed E-state index contributed by atoms with van der Waals surface area (Å²) in [6.45, 7) is 7.44. The average Bonchev–Trinajstić information content (AvgIpc) is 3.70. The summed E-state index contributed by atoms with van der Waals surface area (Å²) < 4.78 is 12.9. The van der Waals surface area contributed by atoms with E-state index >= 15 is 0 Å². The molecule has 1 aliphatic rings. The fourth-order valence-electron chi connectivity index (χ4n) is 4.94. The minimum Gasteiger partial charge on any atom is -0.497 e. The van der Waals surface area contributed by atoms with E-state index in [2.05, 4.69) is 25.8 Å². The maximum absolute atomic E-state index is 13.2. The Balaban J connectivity index is 1.26. The standard InChI is InChI=1S/C33H38Cl2N8O4/c1-33(2,3)26-18-28(43(40-26)20-7-9-22(46-6)10-8-20)39-31(44)37-24-11-12-25(30(35)29(24)34)47-23-13-15-36-27(17-23)38-32(45)42-16-14-21(19-42)41(4)5/h7-13,15,17-18,21H,14,16,19H2,1-6H3,(H,36,38,45)(H2,37,39,44)/t21-/m1/s1. The molecule has 4 aromatic rings. The van der Waals surface area contributed by atoms with Gasteiger partial charge < -0.3 is 24.6 Å². The van der Waals surface area contributed by atoms with Crippen LogP contribution in [0.15, 0.2) is 60.8 Å². The molecule has 3 heterocycles. The van der Waals surface area contributed by atoms with Gasteiger partial charge in [-0.15, -0.1) is 0 Å². The van der Waals surface area contributed by atoms with E-state index in [1.165, 1.54) is 6.20 Å². The molecule has 1 aliphatic heterocycles. The SMILES string of the molecule is COc1ccc(-n2nc(C(C)(C)C)cc2NC(=O)Nc2ccc(Oc3ccnc(NC(=O)N4CC[C@@H](N(C)C)C4)c3)c(Cl)c2Cl)cc1. The van der Waals surface area contributed by atoms with E-state index in [-0.39, 0.29) is 32.9 Å². The van der Waals surface area contributed by atoms with Gasteiger partial charge in [-0.1, -0.05) is 44.0 Å². The zero-order valence-electron chi connectivity index (χ0n) is 27.1. The smallest absolute Gasteiger partial charge is 0.324 e.